The Balaban J connectivity index is 3.08. The summed E-state index contributed by atoms with van der Waals surface area (Å²) in [5.74, 6) is -0.868. The Kier molecular flexibility index (Phi) is 9.65. The number of carboxylic acid groups (broad SMARTS) is 1. The first-order valence-corrected chi connectivity index (χ1v) is 6.23. The molecule has 2 heteroatoms. The maximum Gasteiger partial charge on any atom is 0.306 e. The minimum atomic E-state index is -0.675. The molecule has 0 aliphatic heterocycles. The molecule has 0 bridgehead atoms. The Bertz CT molecular complexity index is 155. The average Bonchev–Trinajstić information content (AvgIpc) is 2.21. The molecule has 0 aromatic rings. The highest BCUT2D eigenvalue weighted by molar-refractivity contribution is 5.69. The Labute approximate surface area is 94.1 Å². The van der Waals surface area contributed by atoms with Gasteiger partial charge in [-0.3, -0.25) is 4.79 Å². The van der Waals surface area contributed by atoms with Crippen molar-refractivity contribution in [1.29, 1.82) is 0 Å². The zero-order valence-electron chi connectivity index (χ0n) is 10.2. The highest BCUT2D eigenvalue weighted by Crippen LogP contribution is 2.12. The van der Waals surface area contributed by atoms with E-state index in [0.29, 0.717) is 0 Å². The zero-order valence-corrected chi connectivity index (χ0v) is 10.2. The molecule has 0 saturated carbocycles. The van der Waals surface area contributed by atoms with E-state index in [1.165, 1.54) is 32.1 Å². The second-order valence-electron chi connectivity index (χ2n) is 4.31. The van der Waals surface area contributed by atoms with E-state index in [9.17, 15) is 4.79 Å². The molecule has 0 heterocycles. The van der Waals surface area contributed by atoms with E-state index < -0.39 is 5.97 Å². The summed E-state index contributed by atoms with van der Waals surface area (Å²) in [5, 5.41) is 8.67. The minimum absolute atomic E-state index is 0.193. The van der Waals surface area contributed by atoms with Crippen LogP contribution < -0.4 is 0 Å². The molecular weight excluding hydrogens is 188 g/mol. The normalized spacial score (nSPS) is 12.7. The minimum Gasteiger partial charge on any atom is -0.481 e. The molecule has 1 atom stereocenters. The van der Waals surface area contributed by atoms with Crippen molar-refractivity contribution in [3.05, 3.63) is 6.42 Å². The van der Waals surface area contributed by atoms with Crippen LogP contribution >= 0.6 is 0 Å². The second-order valence-corrected chi connectivity index (χ2v) is 4.31. The number of carboxylic acids is 1. The smallest absolute Gasteiger partial charge is 0.306 e. The Morgan fingerprint density at radius 3 is 2.47 bits per heavy atom. The SMILES string of the molecule is CCCCCCC[CH]CCC(C)C(=O)O. The number of unbranched alkanes of at least 4 members (excludes halogenated alkanes) is 7. The largest absolute Gasteiger partial charge is 0.481 e. The van der Waals surface area contributed by atoms with E-state index in [1.54, 1.807) is 6.92 Å². The molecule has 1 N–H and O–H groups in total. The van der Waals surface area contributed by atoms with Crippen LogP contribution in [-0.4, -0.2) is 11.1 Å². The van der Waals surface area contributed by atoms with Gasteiger partial charge >= 0.3 is 5.97 Å². The molecule has 1 unspecified atom stereocenters. The third-order valence-corrected chi connectivity index (χ3v) is 2.74. The van der Waals surface area contributed by atoms with Crippen LogP contribution in [0.5, 0.6) is 0 Å². The first kappa shape index (κ1) is 14.5. The molecule has 0 fully saturated rings. The molecular formula is C13H25O2. The molecule has 0 rings (SSSR count). The van der Waals surface area contributed by atoms with Crippen LogP contribution in [0.1, 0.15) is 65.2 Å². The predicted molar refractivity (Wildman–Crippen MR) is 63.7 cm³/mol. The molecule has 0 amide bonds. The summed E-state index contributed by atoms with van der Waals surface area (Å²) >= 11 is 0. The van der Waals surface area contributed by atoms with Crippen LogP contribution in [0.25, 0.3) is 0 Å². The topological polar surface area (TPSA) is 37.3 Å². The standard InChI is InChI=1S/C13H25O2/c1-3-4-5-6-7-8-9-10-11-12(2)13(14)15/h9,12H,3-8,10-11H2,1-2H3,(H,14,15). The van der Waals surface area contributed by atoms with Crippen molar-refractivity contribution < 1.29 is 9.90 Å². The van der Waals surface area contributed by atoms with Gasteiger partial charge < -0.3 is 5.11 Å². The average molecular weight is 213 g/mol. The van der Waals surface area contributed by atoms with Gasteiger partial charge in [0.25, 0.3) is 0 Å². The van der Waals surface area contributed by atoms with Gasteiger partial charge in [0.2, 0.25) is 0 Å². The lowest BCUT2D eigenvalue weighted by molar-refractivity contribution is -0.141. The van der Waals surface area contributed by atoms with Gasteiger partial charge in [-0.05, 0) is 19.3 Å². The molecule has 0 saturated heterocycles. The Morgan fingerprint density at radius 1 is 1.20 bits per heavy atom. The maximum atomic E-state index is 10.5. The molecule has 0 aromatic heterocycles. The summed E-state index contributed by atoms with van der Waals surface area (Å²) in [6, 6.07) is 0. The van der Waals surface area contributed by atoms with Gasteiger partial charge in [0, 0.05) is 0 Å². The quantitative estimate of drug-likeness (QED) is 0.556. The van der Waals surface area contributed by atoms with Gasteiger partial charge in [0.15, 0.2) is 0 Å². The van der Waals surface area contributed by atoms with E-state index >= 15 is 0 Å². The summed E-state index contributed by atoms with van der Waals surface area (Å²) in [6.07, 6.45) is 11.7. The first-order valence-electron chi connectivity index (χ1n) is 6.23. The number of hydrogen-bond acceptors (Lipinski definition) is 1. The first-order chi connectivity index (χ1) is 7.18. The van der Waals surface area contributed by atoms with E-state index in [-0.39, 0.29) is 5.92 Å². The summed E-state index contributed by atoms with van der Waals surface area (Å²) < 4.78 is 0. The number of aliphatic carboxylic acids is 1. The van der Waals surface area contributed by atoms with Crippen molar-refractivity contribution in [1.82, 2.24) is 0 Å². The van der Waals surface area contributed by atoms with Crippen LogP contribution in [0.4, 0.5) is 0 Å². The van der Waals surface area contributed by atoms with Crippen LogP contribution in [-0.2, 0) is 4.79 Å². The number of rotatable bonds is 10. The lowest BCUT2D eigenvalue weighted by atomic mass is 10.0. The molecule has 89 valence electrons. The summed E-state index contributed by atoms with van der Waals surface area (Å²) in [6.45, 7) is 4.00. The number of hydrogen-bond donors (Lipinski definition) is 1. The fraction of sp³-hybridized carbons (Fsp3) is 0.846. The van der Waals surface area contributed by atoms with Gasteiger partial charge in [0.05, 0.1) is 5.92 Å². The van der Waals surface area contributed by atoms with Crippen LogP contribution in [0, 0.1) is 12.3 Å². The Morgan fingerprint density at radius 2 is 1.87 bits per heavy atom. The van der Waals surface area contributed by atoms with Gasteiger partial charge in [-0.1, -0.05) is 52.4 Å². The molecule has 2 nitrogen and oxygen atoms in total. The second kappa shape index (κ2) is 10.0. The number of carbonyl (C=O) groups is 1. The van der Waals surface area contributed by atoms with Crippen molar-refractivity contribution in [2.75, 3.05) is 0 Å². The lowest BCUT2D eigenvalue weighted by Crippen LogP contribution is -2.08. The fourth-order valence-electron chi connectivity index (χ4n) is 1.53. The lowest BCUT2D eigenvalue weighted by Gasteiger charge is -2.05. The fourth-order valence-corrected chi connectivity index (χ4v) is 1.53. The summed E-state index contributed by atoms with van der Waals surface area (Å²) in [4.78, 5) is 10.5. The monoisotopic (exact) mass is 213 g/mol. The highest BCUT2D eigenvalue weighted by Gasteiger charge is 2.09. The molecule has 0 aliphatic carbocycles. The summed E-state index contributed by atoms with van der Waals surface area (Å²) in [5.41, 5.74) is 0. The van der Waals surface area contributed by atoms with E-state index in [1.807, 2.05) is 0 Å². The van der Waals surface area contributed by atoms with Gasteiger partial charge in [0.1, 0.15) is 0 Å². The van der Waals surface area contributed by atoms with Gasteiger partial charge in [-0.15, -0.1) is 0 Å². The van der Waals surface area contributed by atoms with Crippen molar-refractivity contribution in [2.45, 2.75) is 65.2 Å². The maximum absolute atomic E-state index is 10.5. The van der Waals surface area contributed by atoms with Crippen molar-refractivity contribution in [3.8, 4) is 0 Å². The van der Waals surface area contributed by atoms with Crippen LogP contribution in [0.15, 0.2) is 0 Å². The molecule has 0 aliphatic rings. The molecule has 0 aromatic carbocycles. The zero-order chi connectivity index (χ0) is 11.5. The van der Waals surface area contributed by atoms with Crippen LogP contribution in [0.3, 0.4) is 0 Å². The molecule has 15 heavy (non-hydrogen) atoms. The third kappa shape index (κ3) is 9.77. The molecule has 0 spiro atoms. The van der Waals surface area contributed by atoms with E-state index in [2.05, 4.69) is 13.3 Å². The van der Waals surface area contributed by atoms with E-state index in [0.717, 1.165) is 19.3 Å². The Hall–Kier alpha value is -0.530. The van der Waals surface area contributed by atoms with E-state index in [4.69, 9.17) is 5.11 Å². The highest BCUT2D eigenvalue weighted by atomic mass is 16.4. The summed E-state index contributed by atoms with van der Waals surface area (Å²) in [7, 11) is 0. The van der Waals surface area contributed by atoms with Crippen molar-refractivity contribution in [3.63, 3.8) is 0 Å². The third-order valence-electron chi connectivity index (χ3n) is 2.74. The van der Waals surface area contributed by atoms with Crippen molar-refractivity contribution in [2.24, 2.45) is 5.92 Å². The van der Waals surface area contributed by atoms with Crippen molar-refractivity contribution >= 4 is 5.97 Å². The predicted octanol–water partition coefficient (Wildman–Crippen LogP) is 4.05. The van der Waals surface area contributed by atoms with Gasteiger partial charge in [-0.2, -0.15) is 0 Å². The van der Waals surface area contributed by atoms with Crippen LogP contribution in [0.2, 0.25) is 0 Å². The van der Waals surface area contributed by atoms with Gasteiger partial charge in [-0.25, -0.2) is 0 Å². The molecule has 1 radical (unpaired) electrons.